The highest BCUT2D eigenvalue weighted by molar-refractivity contribution is 6.30. The highest BCUT2D eigenvalue weighted by Crippen LogP contribution is 2.35. The molecule has 2 bridgehead atoms. The monoisotopic (exact) mass is 574 g/mol. The second-order valence-corrected chi connectivity index (χ2v) is 12.0. The van der Waals surface area contributed by atoms with Gasteiger partial charge in [-0.1, -0.05) is 23.7 Å². The van der Waals surface area contributed by atoms with E-state index >= 15 is 0 Å². The lowest BCUT2D eigenvalue weighted by molar-refractivity contribution is 0.00661. The summed E-state index contributed by atoms with van der Waals surface area (Å²) < 4.78 is 5.81. The Bertz CT molecular complexity index is 1630. The zero-order valence-corrected chi connectivity index (χ0v) is 23.8. The van der Waals surface area contributed by atoms with Crippen LogP contribution >= 0.6 is 11.6 Å². The van der Waals surface area contributed by atoms with Crippen molar-refractivity contribution in [1.29, 1.82) is 0 Å². The van der Waals surface area contributed by atoms with E-state index in [0.717, 1.165) is 55.7 Å². The van der Waals surface area contributed by atoms with Crippen molar-refractivity contribution in [2.75, 3.05) is 43.0 Å². The van der Waals surface area contributed by atoms with Gasteiger partial charge in [0.25, 0.3) is 5.56 Å². The van der Waals surface area contributed by atoms with Gasteiger partial charge in [-0.25, -0.2) is 4.98 Å². The number of aliphatic hydroxyl groups excluding tert-OH is 1. The van der Waals surface area contributed by atoms with Crippen molar-refractivity contribution in [2.24, 2.45) is 0 Å². The van der Waals surface area contributed by atoms with E-state index < -0.39 is 6.10 Å². The Morgan fingerprint density at radius 1 is 1.20 bits per heavy atom. The van der Waals surface area contributed by atoms with Gasteiger partial charge in [0.05, 0.1) is 35.5 Å². The smallest absolute Gasteiger partial charge is 0.261 e. The summed E-state index contributed by atoms with van der Waals surface area (Å²) in [7, 11) is 0. The molecule has 3 aliphatic rings. The number of imidazole rings is 1. The standard InChI is InChI=1S/C31H35ClN6O3/c1-18-11-22(37-9-6-21(7-10-37)38-16-24-13-23(38)17-41-24)14-26-29(18)36-30(35-26)28-25(5-8-33-31(28)40)34-15-27(39)19-3-2-4-20(32)12-19/h2-5,8,11-12,14,21,23-24,27,39H,6-7,9-10,13,15-17H2,1H3,(H,35,36)(H2,33,34,40)/t23-,24-,27+/m0/s1. The van der Waals surface area contributed by atoms with Gasteiger partial charge in [0.15, 0.2) is 0 Å². The van der Waals surface area contributed by atoms with Crippen LogP contribution in [0.2, 0.25) is 5.02 Å². The molecule has 0 amide bonds. The molecular formula is C31H35ClN6O3. The number of likely N-dealkylation sites (tertiary alicyclic amines) is 1. The minimum Gasteiger partial charge on any atom is -0.387 e. The fourth-order valence-electron chi connectivity index (χ4n) is 6.80. The van der Waals surface area contributed by atoms with Crippen LogP contribution in [0.3, 0.4) is 0 Å². The van der Waals surface area contributed by atoms with Crippen molar-refractivity contribution in [2.45, 2.75) is 50.5 Å². The highest BCUT2D eigenvalue weighted by Gasteiger charge is 2.42. The van der Waals surface area contributed by atoms with Crippen LogP contribution in [0.4, 0.5) is 11.4 Å². The second kappa shape index (κ2) is 10.8. The molecule has 3 aliphatic heterocycles. The van der Waals surface area contributed by atoms with Crippen LogP contribution in [0.15, 0.2) is 53.5 Å². The SMILES string of the molecule is Cc1cc(N2CCC(N3C[C@@H]4C[C@H]3CO4)CC2)cc2[nH]c(-c3c(NC[C@@H](O)c4cccc(Cl)c4)cc[nH]c3=O)nc12. The number of ether oxygens (including phenoxy) is 1. The molecule has 0 saturated carbocycles. The molecule has 0 radical (unpaired) electrons. The lowest BCUT2D eigenvalue weighted by Gasteiger charge is -2.41. The minimum absolute atomic E-state index is 0.210. The normalized spacial score (nSPS) is 22.1. The van der Waals surface area contributed by atoms with Gasteiger partial charge in [-0.3, -0.25) is 9.69 Å². The van der Waals surface area contributed by atoms with Gasteiger partial charge in [-0.05, 0) is 67.6 Å². The van der Waals surface area contributed by atoms with Crippen LogP contribution in [0.1, 0.15) is 36.5 Å². The number of aryl methyl sites for hydroxylation is 1. The Kier molecular flexibility index (Phi) is 6.98. The van der Waals surface area contributed by atoms with Crippen molar-refractivity contribution >= 4 is 34.0 Å². The van der Waals surface area contributed by atoms with Crippen LogP contribution in [-0.2, 0) is 4.74 Å². The number of hydrogen-bond donors (Lipinski definition) is 4. The average Bonchev–Trinajstić information content (AvgIpc) is 3.72. The van der Waals surface area contributed by atoms with Crippen LogP contribution in [-0.4, -0.2) is 75.9 Å². The molecule has 41 heavy (non-hydrogen) atoms. The van der Waals surface area contributed by atoms with Crippen LogP contribution in [0.25, 0.3) is 22.4 Å². The van der Waals surface area contributed by atoms with Crippen molar-refractivity contribution in [3.63, 3.8) is 0 Å². The van der Waals surface area contributed by atoms with Gasteiger partial charge < -0.3 is 30.0 Å². The number of hydrogen-bond acceptors (Lipinski definition) is 7. The topological polar surface area (TPSA) is 110 Å². The predicted molar refractivity (Wildman–Crippen MR) is 162 cm³/mol. The molecule has 2 aromatic heterocycles. The number of rotatable bonds is 7. The van der Waals surface area contributed by atoms with Gasteiger partial charge in [0.2, 0.25) is 0 Å². The van der Waals surface area contributed by atoms with Gasteiger partial charge in [0, 0.05) is 55.2 Å². The molecule has 2 aromatic carbocycles. The molecule has 7 rings (SSSR count). The Morgan fingerprint density at radius 2 is 2.05 bits per heavy atom. The van der Waals surface area contributed by atoms with E-state index in [4.69, 9.17) is 21.3 Å². The number of H-pyrrole nitrogens is 2. The van der Waals surface area contributed by atoms with Crippen molar-refractivity contribution in [3.8, 4) is 11.4 Å². The van der Waals surface area contributed by atoms with Gasteiger partial charge in [0.1, 0.15) is 11.4 Å². The van der Waals surface area contributed by atoms with Gasteiger partial charge in [-0.15, -0.1) is 0 Å². The van der Waals surface area contributed by atoms with Crippen molar-refractivity contribution in [1.82, 2.24) is 19.9 Å². The number of aromatic nitrogens is 3. The molecule has 214 valence electrons. The van der Waals surface area contributed by atoms with Crippen LogP contribution in [0.5, 0.6) is 0 Å². The molecule has 3 saturated heterocycles. The summed E-state index contributed by atoms with van der Waals surface area (Å²) in [5.41, 5.74) is 5.44. The summed E-state index contributed by atoms with van der Waals surface area (Å²) in [4.78, 5) is 29.2. The summed E-state index contributed by atoms with van der Waals surface area (Å²) in [6.45, 7) is 6.31. The zero-order chi connectivity index (χ0) is 28.1. The van der Waals surface area contributed by atoms with Crippen LogP contribution < -0.4 is 15.8 Å². The molecule has 0 unspecified atom stereocenters. The number of aliphatic hydroxyl groups is 1. The number of nitrogens with one attached hydrogen (secondary N) is 3. The third kappa shape index (κ3) is 5.12. The Balaban J connectivity index is 1.10. The fourth-order valence-corrected chi connectivity index (χ4v) is 7.00. The highest BCUT2D eigenvalue weighted by atomic mass is 35.5. The predicted octanol–water partition coefficient (Wildman–Crippen LogP) is 4.47. The molecule has 5 heterocycles. The first-order valence-corrected chi connectivity index (χ1v) is 14.8. The molecule has 4 N–H and O–H groups in total. The fraction of sp³-hybridized carbons (Fsp3) is 0.419. The first-order valence-electron chi connectivity index (χ1n) is 14.4. The third-order valence-electron chi connectivity index (χ3n) is 8.92. The lowest BCUT2D eigenvalue weighted by atomic mass is 10.0. The minimum atomic E-state index is -0.792. The Labute approximate surface area is 243 Å². The lowest BCUT2D eigenvalue weighted by Crippen LogP contribution is -2.49. The maximum atomic E-state index is 13.0. The van der Waals surface area contributed by atoms with E-state index in [1.165, 1.54) is 12.1 Å². The molecule has 10 heteroatoms. The van der Waals surface area contributed by atoms with E-state index in [2.05, 4.69) is 44.1 Å². The number of aromatic amines is 2. The van der Waals surface area contributed by atoms with E-state index in [1.54, 1.807) is 30.5 Å². The second-order valence-electron chi connectivity index (χ2n) is 11.6. The summed E-state index contributed by atoms with van der Waals surface area (Å²) >= 11 is 6.09. The van der Waals surface area contributed by atoms with Crippen molar-refractivity contribution < 1.29 is 9.84 Å². The maximum Gasteiger partial charge on any atom is 0.261 e. The first-order chi connectivity index (χ1) is 19.9. The number of halogens is 1. The summed E-state index contributed by atoms with van der Waals surface area (Å²) in [6.07, 6.45) is 4.75. The van der Waals surface area contributed by atoms with Gasteiger partial charge >= 0.3 is 0 Å². The van der Waals surface area contributed by atoms with E-state index in [9.17, 15) is 9.90 Å². The number of morpholine rings is 1. The molecule has 0 spiro atoms. The number of anilines is 2. The largest absolute Gasteiger partial charge is 0.387 e. The van der Waals surface area contributed by atoms with Crippen molar-refractivity contribution in [3.05, 3.63) is 75.2 Å². The molecule has 0 aliphatic carbocycles. The van der Waals surface area contributed by atoms with E-state index in [-0.39, 0.29) is 12.1 Å². The molecular weight excluding hydrogens is 540 g/mol. The number of fused-ring (bicyclic) bond motifs is 3. The summed E-state index contributed by atoms with van der Waals surface area (Å²) in [6, 6.07) is 14.5. The van der Waals surface area contributed by atoms with Crippen LogP contribution in [0, 0.1) is 6.92 Å². The maximum absolute atomic E-state index is 13.0. The first kappa shape index (κ1) is 26.5. The molecule has 3 fully saturated rings. The summed E-state index contributed by atoms with van der Waals surface area (Å²) in [5, 5.41) is 14.5. The quantitative estimate of drug-likeness (QED) is 0.258. The van der Waals surface area contributed by atoms with E-state index in [0.29, 0.717) is 45.8 Å². The third-order valence-corrected chi connectivity index (χ3v) is 9.16. The molecule has 3 atom stereocenters. The zero-order valence-electron chi connectivity index (χ0n) is 23.1. The van der Waals surface area contributed by atoms with Gasteiger partial charge in [-0.2, -0.15) is 0 Å². The Hall–Kier alpha value is -3.37. The molecule has 4 aromatic rings. The summed E-state index contributed by atoms with van der Waals surface area (Å²) in [5.74, 6) is 0.492. The van der Waals surface area contributed by atoms with E-state index in [1.807, 2.05) is 6.07 Å². The number of benzene rings is 2. The molecule has 9 nitrogen and oxygen atoms in total. The average molecular weight is 575 g/mol. The number of nitrogens with zero attached hydrogens (tertiary/aromatic N) is 3. The number of piperidine rings is 1. The Morgan fingerprint density at radius 3 is 2.80 bits per heavy atom. The number of pyridine rings is 1.